The van der Waals surface area contributed by atoms with Crippen LogP contribution in [0.3, 0.4) is 0 Å². The third-order valence-corrected chi connectivity index (χ3v) is 11.4. The Labute approximate surface area is 267 Å². The van der Waals surface area contributed by atoms with Gasteiger partial charge in [-0.15, -0.1) is 0 Å². The molecule has 0 unspecified atom stereocenters. The monoisotopic (exact) mass is 646 g/mol. The Balaban J connectivity index is 1.18. The smallest absolute Gasteiger partial charge is 0.259 e. The summed E-state index contributed by atoms with van der Waals surface area (Å²) in [6, 6.07) is 9.71. The number of ether oxygens (including phenoxy) is 1. The Morgan fingerprint density at radius 3 is 2.63 bits per heavy atom. The molecule has 5 atom stereocenters. The summed E-state index contributed by atoms with van der Waals surface area (Å²) < 4.78 is 34.0. The molecular formula is C33H38N6O6S. The van der Waals surface area contributed by atoms with Crippen LogP contribution in [0.25, 0.3) is 21.8 Å². The summed E-state index contributed by atoms with van der Waals surface area (Å²) in [7, 11) is -3.83. The number of sulfonamides is 1. The van der Waals surface area contributed by atoms with Crippen molar-refractivity contribution in [3.63, 3.8) is 0 Å². The van der Waals surface area contributed by atoms with Gasteiger partial charge in [-0.3, -0.25) is 19.1 Å². The maximum absolute atomic E-state index is 14.0. The highest BCUT2D eigenvalue weighted by Crippen LogP contribution is 2.46. The molecule has 2 aromatic heterocycles. The van der Waals surface area contributed by atoms with Crippen LogP contribution in [0, 0.1) is 5.92 Å². The first-order valence-electron chi connectivity index (χ1n) is 16.1. The molecule has 2 saturated carbocycles. The van der Waals surface area contributed by atoms with Gasteiger partial charge in [-0.25, -0.2) is 13.4 Å². The highest BCUT2D eigenvalue weighted by atomic mass is 32.2. The number of amides is 3. The van der Waals surface area contributed by atoms with Gasteiger partial charge in [-0.2, -0.15) is 4.98 Å². The van der Waals surface area contributed by atoms with Crippen LogP contribution in [0.5, 0.6) is 5.88 Å². The average Bonchev–Trinajstić information content (AvgIpc) is 3.97. The van der Waals surface area contributed by atoms with Gasteiger partial charge in [-0.05, 0) is 62.1 Å². The highest BCUT2D eigenvalue weighted by molar-refractivity contribution is 7.91. The zero-order chi connectivity index (χ0) is 32.1. The molecule has 2 aliphatic heterocycles. The third kappa shape index (κ3) is 5.81. The van der Waals surface area contributed by atoms with Crippen molar-refractivity contribution >= 4 is 49.6 Å². The second-order valence-electron chi connectivity index (χ2n) is 12.9. The Kier molecular flexibility index (Phi) is 7.92. The summed E-state index contributed by atoms with van der Waals surface area (Å²) in [6.07, 6.45) is 10.1. The maximum Gasteiger partial charge on any atom is 0.259 e. The van der Waals surface area contributed by atoms with Crippen LogP contribution in [-0.2, 0) is 24.4 Å². The quantitative estimate of drug-likeness (QED) is 0.278. The summed E-state index contributed by atoms with van der Waals surface area (Å²) in [5, 5.41) is 4.87. The second kappa shape index (κ2) is 11.9. The molecule has 7 rings (SSSR count). The molecule has 12 nitrogen and oxygen atoms in total. The number of fused-ring (bicyclic) bond motifs is 5. The minimum atomic E-state index is -3.83. The Morgan fingerprint density at radius 2 is 1.83 bits per heavy atom. The van der Waals surface area contributed by atoms with Crippen molar-refractivity contribution in [2.45, 2.75) is 86.8 Å². The van der Waals surface area contributed by atoms with Crippen molar-refractivity contribution in [3.05, 3.63) is 54.7 Å². The number of allylic oxidation sites excluding steroid dienone is 1. The summed E-state index contributed by atoms with van der Waals surface area (Å²) in [5.74, 6) is -1.67. The third-order valence-electron chi connectivity index (χ3n) is 9.60. The fraction of sp³-hybridized carbons (Fsp3) is 0.485. The van der Waals surface area contributed by atoms with E-state index in [0.29, 0.717) is 30.8 Å². The zero-order valence-electron chi connectivity index (χ0n) is 25.4. The SMILES string of the molecule is N[C@H]1CCCCCC=C[C@@H]2C[C@@]2(C(=O)NS(=O)(=O)C2CC2)NC(=O)[C@@H]2C[C@@H](Oc3nc4ncccc4c4ccccc34)CN2C1=O. The molecule has 13 heteroatoms. The maximum atomic E-state index is 14.0. The number of benzene rings is 1. The number of nitrogens with zero attached hydrogens (tertiary/aromatic N) is 3. The molecule has 4 N–H and O–H groups in total. The molecule has 3 fully saturated rings. The van der Waals surface area contributed by atoms with E-state index in [4.69, 9.17) is 10.5 Å². The van der Waals surface area contributed by atoms with Gasteiger partial charge >= 0.3 is 0 Å². The topological polar surface area (TPSA) is 174 Å². The van der Waals surface area contributed by atoms with E-state index in [1.165, 1.54) is 4.90 Å². The van der Waals surface area contributed by atoms with Crippen LogP contribution in [0.4, 0.5) is 0 Å². The van der Waals surface area contributed by atoms with E-state index in [0.717, 1.165) is 41.8 Å². The molecule has 3 aromatic rings. The second-order valence-corrected chi connectivity index (χ2v) is 14.9. The molecule has 2 aliphatic carbocycles. The van der Waals surface area contributed by atoms with Gasteiger partial charge in [0.05, 0.1) is 17.8 Å². The summed E-state index contributed by atoms with van der Waals surface area (Å²) in [4.78, 5) is 51.9. The largest absolute Gasteiger partial charge is 0.472 e. The van der Waals surface area contributed by atoms with Gasteiger partial charge in [0.15, 0.2) is 5.65 Å². The van der Waals surface area contributed by atoms with Crippen LogP contribution in [-0.4, -0.2) is 76.5 Å². The normalized spacial score (nSPS) is 28.9. The Bertz CT molecular complexity index is 1840. The van der Waals surface area contributed by atoms with Crippen LogP contribution in [0.15, 0.2) is 54.7 Å². The fourth-order valence-electron chi connectivity index (χ4n) is 6.75. The van der Waals surface area contributed by atoms with Gasteiger partial charge in [-0.1, -0.05) is 43.2 Å². The Hall–Kier alpha value is -4.10. The first-order valence-corrected chi connectivity index (χ1v) is 17.6. The predicted octanol–water partition coefficient (Wildman–Crippen LogP) is 2.46. The number of hydrogen-bond donors (Lipinski definition) is 3. The molecule has 4 aliphatic rings. The van der Waals surface area contributed by atoms with Crippen molar-refractivity contribution in [3.8, 4) is 5.88 Å². The molecule has 1 saturated heterocycles. The van der Waals surface area contributed by atoms with Gasteiger partial charge in [0, 0.05) is 29.3 Å². The molecule has 0 spiro atoms. The number of carbonyl (C=O) groups is 3. The lowest BCUT2D eigenvalue weighted by Crippen LogP contribution is -2.57. The summed E-state index contributed by atoms with van der Waals surface area (Å²) in [6.45, 7) is 0.0967. The number of rotatable bonds is 5. The van der Waals surface area contributed by atoms with E-state index in [1.807, 2.05) is 48.6 Å². The number of pyridine rings is 2. The van der Waals surface area contributed by atoms with E-state index in [9.17, 15) is 22.8 Å². The number of aromatic nitrogens is 2. The van der Waals surface area contributed by atoms with Crippen molar-refractivity contribution in [2.75, 3.05) is 6.54 Å². The molecular weight excluding hydrogens is 608 g/mol. The van der Waals surface area contributed by atoms with Crippen molar-refractivity contribution in [1.29, 1.82) is 0 Å². The lowest BCUT2D eigenvalue weighted by atomic mass is 10.1. The predicted molar refractivity (Wildman–Crippen MR) is 171 cm³/mol. The molecule has 4 heterocycles. The van der Waals surface area contributed by atoms with Gasteiger partial charge in [0.25, 0.3) is 5.91 Å². The first kappa shape index (κ1) is 30.5. The summed E-state index contributed by atoms with van der Waals surface area (Å²) >= 11 is 0. The van der Waals surface area contributed by atoms with Crippen LogP contribution < -0.4 is 20.5 Å². The highest BCUT2D eigenvalue weighted by Gasteiger charge is 2.62. The van der Waals surface area contributed by atoms with E-state index in [1.54, 1.807) is 6.20 Å². The van der Waals surface area contributed by atoms with E-state index >= 15 is 0 Å². The summed E-state index contributed by atoms with van der Waals surface area (Å²) in [5.41, 5.74) is 5.47. The lowest BCUT2D eigenvalue weighted by Gasteiger charge is -2.28. The van der Waals surface area contributed by atoms with Crippen LogP contribution in [0.2, 0.25) is 0 Å². The van der Waals surface area contributed by atoms with Gasteiger partial charge < -0.3 is 20.7 Å². The van der Waals surface area contributed by atoms with Crippen molar-refractivity contribution in [1.82, 2.24) is 24.9 Å². The number of hydrogen-bond acceptors (Lipinski definition) is 9. The average molecular weight is 647 g/mol. The standard InChI is InChI=1S/C33H38N6O6S/c34-26-13-5-3-1-2-4-9-20-18-33(20,32(42)38-46(43,44)22-14-15-22)37-29(40)27-17-21(19-39(27)31(26)41)45-30-25-11-7-6-10-23(25)24-12-8-16-35-28(24)36-30/h4,6-12,16,20-22,26-27H,1-3,5,13-15,17-19,34H2,(H,37,40)(H,38,42)/t20-,21-,26+,27+,33-/m1/s1. The molecule has 0 radical (unpaired) electrons. The van der Waals surface area contributed by atoms with E-state index in [2.05, 4.69) is 20.0 Å². The van der Waals surface area contributed by atoms with Gasteiger partial charge in [0.1, 0.15) is 17.7 Å². The number of nitrogens with one attached hydrogen (secondary N) is 2. The van der Waals surface area contributed by atoms with E-state index < -0.39 is 50.8 Å². The number of nitrogens with two attached hydrogens (primary N) is 1. The fourth-order valence-corrected chi connectivity index (χ4v) is 8.11. The Morgan fingerprint density at radius 1 is 1.04 bits per heavy atom. The zero-order valence-corrected chi connectivity index (χ0v) is 26.2. The van der Waals surface area contributed by atoms with E-state index in [-0.39, 0.29) is 31.2 Å². The van der Waals surface area contributed by atoms with Crippen molar-refractivity contribution < 1.29 is 27.5 Å². The molecule has 3 amide bonds. The minimum absolute atomic E-state index is 0.0967. The van der Waals surface area contributed by atoms with Gasteiger partial charge in [0.2, 0.25) is 27.7 Å². The first-order chi connectivity index (χ1) is 22.2. The van der Waals surface area contributed by atoms with Crippen molar-refractivity contribution in [2.24, 2.45) is 11.7 Å². The molecule has 0 bridgehead atoms. The molecule has 1 aromatic carbocycles. The lowest BCUT2D eigenvalue weighted by molar-refractivity contribution is -0.140. The molecule has 242 valence electrons. The minimum Gasteiger partial charge on any atom is -0.472 e. The van der Waals surface area contributed by atoms with Crippen LogP contribution >= 0.6 is 0 Å². The number of carbonyl (C=O) groups excluding carboxylic acids is 3. The molecule has 46 heavy (non-hydrogen) atoms. The van der Waals surface area contributed by atoms with Crippen LogP contribution in [0.1, 0.15) is 57.8 Å².